The molecule has 1 aliphatic heterocycles. The Kier molecular flexibility index (Phi) is 7.44. The van der Waals surface area contributed by atoms with Crippen molar-refractivity contribution in [3.05, 3.63) is 29.8 Å². The summed E-state index contributed by atoms with van der Waals surface area (Å²) in [5.74, 6) is 0.695. The average molecular weight is 451 g/mol. The number of amides is 1. The van der Waals surface area contributed by atoms with Gasteiger partial charge in [0.2, 0.25) is 15.9 Å². The Morgan fingerprint density at radius 3 is 2.71 bits per heavy atom. The van der Waals surface area contributed by atoms with Crippen LogP contribution in [0.4, 0.5) is 0 Å². The van der Waals surface area contributed by atoms with Crippen LogP contribution in [0.1, 0.15) is 45.6 Å². The van der Waals surface area contributed by atoms with E-state index in [0.29, 0.717) is 18.9 Å². The maximum Gasteiger partial charge on any atom is 0.247 e. The molecule has 0 radical (unpaired) electrons. The molecule has 1 aromatic rings. The van der Waals surface area contributed by atoms with Crippen LogP contribution in [0.2, 0.25) is 0 Å². The summed E-state index contributed by atoms with van der Waals surface area (Å²) in [4.78, 5) is 14.3. The minimum Gasteiger partial charge on any atom is -0.487 e. The number of benzene rings is 1. The Morgan fingerprint density at radius 2 is 2.10 bits per heavy atom. The van der Waals surface area contributed by atoms with Crippen molar-refractivity contribution in [3.8, 4) is 5.75 Å². The monoisotopic (exact) mass is 450 g/mol. The summed E-state index contributed by atoms with van der Waals surface area (Å²) in [6.45, 7) is 5.82. The summed E-state index contributed by atoms with van der Waals surface area (Å²) >= 11 is 0. The topological polar surface area (TPSA) is 87.2 Å². The van der Waals surface area contributed by atoms with Crippen LogP contribution < -0.4 is 4.74 Å². The van der Waals surface area contributed by atoms with Gasteiger partial charge in [-0.25, -0.2) is 8.42 Å². The van der Waals surface area contributed by atoms with Crippen LogP contribution in [-0.2, 0) is 14.8 Å². The summed E-state index contributed by atoms with van der Waals surface area (Å²) < 4.78 is 34.5. The third-order valence-electron chi connectivity index (χ3n) is 6.09. The van der Waals surface area contributed by atoms with Gasteiger partial charge in [-0.3, -0.25) is 4.79 Å². The van der Waals surface area contributed by atoms with Gasteiger partial charge in [-0.05, 0) is 50.3 Å². The number of likely N-dealkylation sites (N-methyl/N-ethyl adjacent to an activating group) is 1. The van der Waals surface area contributed by atoms with Gasteiger partial charge in [-0.1, -0.05) is 25.1 Å². The molecule has 2 aliphatic rings. The lowest BCUT2D eigenvalue weighted by atomic mass is 10.0. The number of aliphatic hydroxyl groups is 1. The van der Waals surface area contributed by atoms with Gasteiger partial charge < -0.3 is 14.7 Å². The highest BCUT2D eigenvalue weighted by molar-refractivity contribution is 7.89. The second-order valence-electron chi connectivity index (χ2n) is 8.87. The van der Waals surface area contributed by atoms with Crippen molar-refractivity contribution in [3.63, 3.8) is 0 Å². The van der Waals surface area contributed by atoms with E-state index in [-0.39, 0.29) is 41.7 Å². The summed E-state index contributed by atoms with van der Waals surface area (Å²) in [6.07, 6.45) is 6.17. The van der Waals surface area contributed by atoms with Crippen molar-refractivity contribution in [1.82, 2.24) is 9.21 Å². The summed E-state index contributed by atoms with van der Waals surface area (Å²) in [5, 5.41) is 9.70. The zero-order chi connectivity index (χ0) is 22.8. The van der Waals surface area contributed by atoms with Gasteiger partial charge in [-0.15, -0.1) is 0 Å². The van der Waals surface area contributed by atoms with Gasteiger partial charge in [0.05, 0.1) is 13.2 Å². The third-order valence-corrected chi connectivity index (χ3v) is 8.11. The minimum absolute atomic E-state index is 0.0879. The van der Waals surface area contributed by atoms with Gasteiger partial charge in [-0.2, -0.15) is 4.31 Å². The first-order valence-electron chi connectivity index (χ1n) is 11.0. The van der Waals surface area contributed by atoms with Crippen LogP contribution in [0.5, 0.6) is 5.75 Å². The van der Waals surface area contributed by atoms with Crippen LogP contribution in [0.3, 0.4) is 0 Å². The van der Waals surface area contributed by atoms with Crippen molar-refractivity contribution in [2.24, 2.45) is 11.8 Å². The molecule has 1 amide bonds. The Morgan fingerprint density at radius 1 is 1.39 bits per heavy atom. The second kappa shape index (κ2) is 9.71. The number of hydrogen-bond acceptors (Lipinski definition) is 5. The second-order valence-corrected chi connectivity index (χ2v) is 10.7. The van der Waals surface area contributed by atoms with E-state index in [9.17, 15) is 18.3 Å². The average Bonchev–Trinajstić information content (AvgIpc) is 3.54. The molecule has 1 fully saturated rings. The van der Waals surface area contributed by atoms with E-state index in [0.717, 1.165) is 18.4 Å². The molecule has 172 valence electrons. The number of hydrogen-bond donors (Lipinski definition) is 1. The molecule has 0 bridgehead atoms. The Labute approximate surface area is 185 Å². The summed E-state index contributed by atoms with van der Waals surface area (Å²) in [7, 11) is -2.07. The molecule has 1 N–H and O–H groups in total. The normalized spacial score (nSPS) is 24.7. The SMILES string of the molecule is C/C=C/c1ccc2c(c1)O[C@H](CN(C)C(=O)CC1CC1)[C@@H](C)CN([C@H](C)CO)S2(=O)=O. The molecule has 0 unspecified atom stereocenters. The number of carbonyl (C=O) groups excluding carboxylic acids is 1. The van der Waals surface area contributed by atoms with Gasteiger partial charge in [0.25, 0.3) is 0 Å². The minimum atomic E-state index is -3.85. The molecule has 1 heterocycles. The molecule has 31 heavy (non-hydrogen) atoms. The van der Waals surface area contributed by atoms with E-state index < -0.39 is 16.1 Å². The smallest absolute Gasteiger partial charge is 0.247 e. The van der Waals surface area contributed by atoms with Crippen molar-refractivity contribution in [2.45, 2.75) is 57.1 Å². The van der Waals surface area contributed by atoms with E-state index in [2.05, 4.69) is 0 Å². The van der Waals surface area contributed by atoms with Gasteiger partial charge in [0.1, 0.15) is 16.7 Å². The Balaban J connectivity index is 1.97. The van der Waals surface area contributed by atoms with Crippen LogP contribution in [0, 0.1) is 11.8 Å². The molecule has 8 heteroatoms. The van der Waals surface area contributed by atoms with E-state index >= 15 is 0 Å². The Hall–Kier alpha value is -1.90. The highest BCUT2D eigenvalue weighted by Crippen LogP contribution is 2.35. The number of aliphatic hydroxyl groups excluding tert-OH is 1. The van der Waals surface area contributed by atoms with E-state index in [1.165, 1.54) is 4.31 Å². The van der Waals surface area contributed by atoms with Crippen LogP contribution in [-0.4, -0.2) is 67.5 Å². The lowest BCUT2D eigenvalue weighted by Crippen LogP contribution is -2.50. The molecular weight excluding hydrogens is 416 g/mol. The van der Waals surface area contributed by atoms with Crippen LogP contribution >= 0.6 is 0 Å². The lowest BCUT2D eigenvalue weighted by molar-refractivity contribution is -0.131. The number of fused-ring (bicyclic) bond motifs is 1. The molecule has 1 aromatic carbocycles. The highest BCUT2D eigenvalue weighted by atomic mass is 32.2. The lowest BCUT2D eigenvalue weighted by Gasteiger charge is -2.37. The summed E-state index contributed by atoms with van der Waals surface area (Å²) in [6, 6.07) is 4.47. The molecule has 0 aromatic heterocycles. The van der Waals surface area contributed by atoms with Crippen LogP contribution in [0.15, 0.2) is 29.2 Å². The maximum atomic E-state index is 13.4. The van der Waals surface area contributed by atoms with Crippen molar-refractivity contribution < 1.29 is 23.1 Å². The molecule has 7 nitrogen and oxygen atoms in total. The summed E-state index contributed by atoms with van der Waals surface area (Å²) in [5.41, 5.74) is 0.836. The maximum absolute atomic E-state index is 13.4. The zero-order valence-corrected chi connectivity index (χ0v) is 19.6. The van der Waals surface area contributed by atoms with Gasteiger partial charge in [0.15, 0.2) is 0 Å². The first kappa shape index (κ1) is 23.8. The first-order chi connectivity index (χ1) is 14.7. The number of ether oxygens (including phenoxy) is 1. The van der Waals surface area contributed by atoms with Gasteiger partial charge in [0, 0.05) is 32.0 Å². The molecule has 1 saturated carbocycles. The first-order valence-corrected chi connectivity index (χ1v) is 12.4. The number of sulfonamides is 1. The predicted octanol–water partition coefficient (Wildman–Crippen LogP) is 2.75. The fraction of sp³-hybridized carbons (Fsp3) is 0.609. The molecule has 0 spiro atoms. The van der Waals surface area contributed by atoms with E-state index in [1.807, 2.05) is 26.0 Å². The fourth-order valence-corrected chi connectivity index (χ4v) is 5.68. The van der Waals surface area contributed by atoms with Crippen molar-refractivity contribution >= 4 is 22.0 Å². The number of rotatable bonds is 7. The molecule has 0 saturated heterocycles. The highest BCUT2D eigenvalue weighted by Gasteiger charge is 2.38. The standard InChI is InChI=1S/C23H34N2O5S/c1-5-6-18-9-10-22-20(11-18)30-21(14-24(4)23(27)12-19-7-8-19)16(2)13-25(17(3)15-26)31(22,28)29/h5-6,9-11,16-17,19,21,26H,7-8,12-15H2,1-4H3/b6-5+/t16-,17+,21+/m0/s1. The largest absolute Gasteiger partial charge is 0.487 e. The van der Waals surface area contributed by atoms with E-state index in [1.54, 1.807) is 37.1 Å². The molecule has 3 atom stereocenters. The fourth-order valence-electron chi connectivity index (χ4n) is 3.85. The quantitative estimate of drug-likeness (QED) is 0.690. The zero-order valence-electron chi connectivity index (χ0n) is 18.8. The molecule has 1 aliphatic carbocycles. The van der Waals surface area contributed by atoms with Crippen molar-refractivity contribution in [2.75, 3.05) is 26.7 Å². The number of nitrogens with zero attached hydrogens (tertiary/aromatic N) is 2. The molecular formula is C23H34N2O5S. The van der Waals surface area contributed by atoms with Crippen LogP contribution in [0.25, 0.3) is 6.08 Å². The number of carbonyl (C=O) groups is 1. The number of allylic oxidation sites excluding steroid dienone is 1. The predicted molar refractivity (Wildman–Crippen MR) is 120 cm³/mol. The van der Waals surface area contributed by atoms with Crippen molar-refractivity contribution in [1.29, 1.82) is 0 Å². The van der Waals surface area contributed by atoms with E-state index in [4.69, 9.17) is 4.74 Å². The molecule has 3 rings (SSSR count). The van der Waals surface area contributed by atoms with Gasteiger partial charge >= 0.3 is 0 Å². The third kappa shape index (κ3) is 5.48. The Bertz CT molecular complexity index is 926.